The Morgan fingerprint density at radius 3 is 2.44 bits per heavy atom. The van der Waals surface area contributed by atoms with Crippen molar-refractivity contribution in [1.29, 1.82) is 0 Å². The summed E-state index contributed by atoms with van der Waals surface area (Å²) in [5.74, 6) is 0.388. The molecule has 2 fully saturated rings. The number of nitrogens with zero attached hydrogens (tertiary/aromatic N) is 4. The van der Waals surface area contributed by atoms with Gasteiger partial charge >= 0.3 is 0 Å². The van der Waals surface area contributed by atoms with Crippen LogP contribution in [0, 0.1) is 5.92 Å². The lowest BCUT2D eigenvalue weighted by molar-refractivity contribution is -0.148. The molecular formula is C25H26N4O3. The molecule has 2 aliphatic rings. The van der Waals surface area contributed by atoms with Crippen LogP contribution in [0.3, 0.4) is 0 Å². The molecule has 164 valence electrons. The van der Waals surface area contributed by atoms with Gasteiger partial charge in [-0.3, -0.25) is 14.6 Å². The number of likely N-dealkylation sites (tertiary alicyclic amines) is 1. The summed E-state index contributed by atoms with van der Waals surface area (Å²) >= 11 is 0. The smallest absolute Gasteiger partial charge is 0.266 e. The molecule has 0 spiro atoms. The first-order chi connectivity index (χ1) is 15.7. The highest BCUT2D eigenvalue weighted by Gasteiger charge is 2.46. The monoisotopic (exact) mass is 430 g/mol. The quantitative estimate of drug-likeness (QED) is 0.622. The molecule has 7 nitrogen and oxygen atoms in total. The van der Waals surface area contributed by atoms with E-state index in [-0.39, 0.29) is 17.4 Å². The van der Waals surface area contributed by atoms with E-state index in [9.17, 15) is 9.59 Å². The number of rotatable bonds is 5. The van der Waals surface area contributed by atoms with Crippen molar-refractivity contribution in [2.24, 2.45) is 5.92 Å². The summed E-state index contributed by atoms with van der Waals surface area (Å²) in [5.41, 5.74) is 2.09. The van der Waals surface area contributed by atoms with Gasteiger partial charge in [-0.15, -0.1) is 0 Å². The van der Waals surface area contributed by atoms with Crippen LogP contribution in [0.4, 0.5) is 0 Å². The summed E-state index contributed by atoms with van der Waals surface area (Å²) in [6, 6.07) is 17.1. The Hall–Kier alpha value is -3.32. The average Bonchev–Trinajstić information content (AvgIpc) is 2.83. The highest BCUT2D eigenvalue weighted by molar-refractivity contribution is 5.89. The van der Waals surface area contributed by atoms with Gasteiger partial charge in [-0.25, -0.2) is 4.68 Å². The second kappa shape index (κ2) is 8.67. The first kappa shape index (κ1) is 20.6. The van der Waals surface area contributed by atoms with E-state index >= 15 is 0 Å². The molecular weight excluding hydrogens is 404 g/mol. The van der Waals surface area contributed by atoms with E-state index in [2.05, 4.69) is 22.2 Å². The molecule has 0 bridgehead atoms. The zero-order valence-corrected chi connectivity index (χ0v) is 17.9. The largest absolute Gasteiger partial charge is 0.381 e. The molecule has 2 saturated heterocycles. The molecule has 4 heterocycles. The van der Waals surface area contributed by atoms with E-state index in [4.69, 9.17) is 4.74 Å². The molecule has 0 N–H and O–H groups in total. The standard InChI is InChI=1S/C25H26N4O3/c30-23-7-6-22(20-8-12-26-13-9-20)27-29(23)18-19-16-28(17-19)24(31)25(10-14-32-15-11-25)21-4-2-1-3-5-21/h1-9,12-13,19H,10-11,14-18H2. The van der Waals surface area contributed by atoms with Crippen LogP contribution in [0.1, 0.15) is 18.4 Å². The summed E-state index contributed by atoms with van der Waals surface area (Å²) < 4.78 is 7.09. The van der Waals surface area contributed by atoms with E-state index in [1.54, 1.807) is 24.5 Å². The van der Waals surface area contributed by atoms with Gasteiger partial charge in [-0.05, 0) is 36.6 Å². The Kier molecular flexibility index (Phi) is 5.57. The number of hydrogen-bond acceptors (Lipinski definition) is 5. The molecule has 1 amide bonds. The van der Waals surface area contributed by atoms with Gasteiger partial charge in [-0.1, -0.05) is 30.3 Å². The fourth-order valence-corrected chi connectivity index (χ4v) is 4.76. The summed E-state index contributed by atoms with van der Waals surface area (Å²) in [6.07, 6.45) is 4.82. The molecule has 1 aromatic carbocycles. The van der Waals surface area contributed by atoms with Crippen LogP contribution in [-0.4, -0.2) is 51.9 Å². The Bertz CT molecular complexity index is 1130. The van der Waals surface area contributed by atoms with Crippen molar-refractivity contribution in [1.82, 2.24) is 19.7 Å². The first-order valence-corrected chi connectivity index (χ1v) is 11.1. The number of carbonyl (C=O) groups is 1. The predicted octanol–water partition coefficient (Wildman–Crippen LogP) is 2.51. The fraction of sp³-hybridized carbons (Fsp3) is 0.360. The molecule has 3 aromatic rings. The molecule has 0 aliphatic carbocycles. The number of pyridine rings is 1. The number of aromatic nitrogens is 3. The lowest BCUT2D eigenvalue weighted by Gasteiger charge is -2.46. The summed E-state index contributed by atoms with van der Waals surface area (Å²) in [5, 5.41) is 4.54. The lowest BCUT2D eigenvalue weighted by atomic mass is 9.72. The second-order valence-electron chi connectivity index (χ2n) is 8.61. The van der Waals surface area contributed by atoms with Gasteiger partial charge in [0.25, 0.3) is 5.56 Å². The molecule has 0 unspecified atom stereocenters. The third-order valence-corrected chi connectivity index (χ3v) is 6.60. The van der Waals surface area contributed by atoms with Crippen LogP contribution in [0.15, 0.2) is 71.8 Å². The van der Waals surface area contributed by atoms with Crippen LogP contribution >= 0.6 is 0 Å². The SMILES string of the molecule is O=C(N1CC(Cn2nc(-c3ccncc3)ccc2=O)C1)C1(c2ccccc2)CCOCC1. The minimum Gasteiger partial charge on any atom is -0.381 e. The topological polar surface area (TPSA) is 77.3 Å². The van der Waals surface area contributed by atoms with Crippen LogP contribution in [0.5, 0.6) is 0 Å². The first-order valence-electron chi connectivity index (χ1n) is 11.1. The van der Waals surface area contributed by atoms with Gasteiger partial charge in [0.05, 0.1) is 17.7 Å². The number of amides is 1. The number of carbonyl (C=O) groups excluding carboxylic acids is 1. The maximum Gasteiger partial charge on any atom is 0.266 e. The van der Waals surface area contributed by atoms with Crippen molar-refractivity contribution in [3.63, 3.8) is 0 Å². The van der Waals surface area contributed by atoms with E-state index in [0.29, 0.717) is 45.7 Å². The lowest BCUT2D eigenvalue weighted by Crippen LogP contribution is -2.59. The van der Waals surface area contributed by atoms with Crippen molar-refractivity contribution in [2.45, 2.75) is 24.8 Å². The molecule has 5 rings (SSSR count). The van der Waals surface area contributed by atoms with Crippen LogP contribution in [-0.2, 0) is 21.5 Å². The van der Waals surface area contributed by atoms with Crippen molar-refractivity contribution >= 4 is 5.91 Å². The molecule has 2 aliphatic heterocycles. The van der Waals surface area contributed by atoms with Gasteiger partial charge < -0.3 is 9.64 Å². The summed E-state index contributed by atoms with van der Waals surface area (Å²) in [7, 11) is 0. The Balaban J connectivity index is 1.29. The van der Waals surface area contributed by atoms with Crippen LogP contribution < -0.4 is 5.56 Å². The van der Waals surface area contributed by atoms with Crippen LogP contribution in [0.25, 0.3) is 11.3 Å². The van der Waals surface area contributed by atoms with Crippen LogP contribution in [0.2, 0.25) is 0 Å². The van der Waals surface area contributed by atoms with E-state index in [1.807, 2.05) is 35.2 Å². The molecule has 0 radical (unpaired) electrons. The van der Waals surface area contributed by atoms with E-state index in [0.717, 1.165) is 16.8 Å². The van der Waals surface area contributed by atoms with Crippen molar-refractivity contribution in [3.8, 4) is 11.3 Å². The predicted molar refractivity (Wildman–Crippen MR) is 120 cm³/mol. The van der Waals surface area contributed by atoms with E-state index in [1.165, 1.54) is 4.68 Å². The zero-order valence-electron chi connectivity index (χ0n) is 17.9. The number of hydrogen-bond donors (Lipinski definition) is 0. The molecule has 7 heteroatoms. The molecule has 2 aromatic heterocycles. The molecule has 0 saturated carbocycles. The average molecular weight is 431 g/mol. The summed E-state index contributed by atoms with van der Waals surface area (Å²) in [6.45, 7) is 2.98. The van der Waals surface area contributed by atoms with Gasteiger partial charge in [0.15, 0.2) is 0 Å². The minimum absolute atomic E-state index is 0.127. The van der Waals surface area contributed by atoms with E-state index < -0.39 is 5.41 Å². The highest BCUT2D eigenvalue weighted by atomic mass is 16.5. The Morgan fingerprint density at radius 1 is 1.00 bits per heavy atom. The Labute approximate surface area is 186 Å². The number of ether oxygens (including phenoxy) is 1. The van der Waals surface area contributed by atoms with Gasteiger partial charge in [-0.2, -0.15) is 5.10 Å². The van der Waals surface area contributed by atoms with Crippen molar-refractivity contribution in [2.75, 3.05) is 26.3 Å². The fourth-order valence-electron chi connectivity index (χ4n) is 4.76. The highest BCUT2D eigenvalue weighted by Crippen LogP contribution is 2.38. The third-order valence-electron chi connectivity index (χ3n) is 6.60. The number of benzene rings is 1. The van der Waals surface area contributed by atoms with Crippen molar-refractivity contribution in [3.05, 3.63) is 82.9 Å². The molecule has 0 atom stereocenters. The Morgan fingerprint density at radius 2 is 1.72 bits per heavy atom. The maximum atomic E-state index is 13.6. The van der Waals surface area contributed by atoms with Crippen molar-refractivity contribution < 1.29 is 9.53 Å². The van der Waals surface area contributed by atoms with Gasteiger partial charge in [0.2, 0.25) is 5.91 Å². The third kappa shape index (κ3) is 3.84. The van der Waals surface area contributed by atoms with Gasteiger partial charge in [0, 0.05) is 56.2 Å². The molecule has 32 heavy (non-hydrogen) atoms. The minimum atomic E-state index is -0.513. The second-order valence-corrected chi connectivity index (χ2v) is 8.61. The zero-order chi connectivity index (χ0) is 22.0. The summed E-state index contributed by atoms with van der Waals surface area (Å²) in [4.78, 5) is 31.9. The van der Waals surface area contributed by atoms with Gasteiger partial charge in [0.1, 0.15) is 0 Å². The maximum absolute atomic E-state index is 13.6. The normalized spacial score (nSPS) is 18.2.